The Kier molecular flexibility index (Phi) is 7.56. The number of ether oxygens (including phenoxy) is 2. The molecule has 0 amide bonds. The molecule has 0 aliphatic heterocycles. The van der Waals surface area contributed by atoms with Crippen molar-refractivity contribution in [1.29, 1.82) is 0 Å². The first-order valence-corrected chi connectivity index (χ1v) is 8.89. The van der Waals surface area contributed by atoms with Gasteiger partial charge in [0.05, 0.1) is 17.7 Å². The highest BCUT2D eigenvalue weighted by Crippen LogP contribution is 2.37. The molecule has 0 fully saturated rings. The molecule has 0 saturated heterocycles. The van der Waals surface area contributed by atoms with Crippen LogP contribution in [0.5, 0.6) is 11.5 Å². The van der Waals surface area contributed by atoms with Gasteiger partial charge in [-0.25, -0.2) is 0 Å². The van der Waals surface area contributed by atoms with Crippen LogP contribution in [0.4, 0.5) is 0 Å². The Morgan fingerprint density at radius 2 is 1.96 bits per heavy atom. The lowest BCUT2D eigenvalue weighted by Crippen LogP contribution is -2.23. The molecule has 5 heteroatoms. The average Bonchev–Trinajstić information content (AvgIpc) is 2.54. The molecule has 2 aromatic carbocycles. The molecular formula is C20H26ClNO3. The highest BCUT2D eigenvalue weighted by molar-refractivity contribution is 6.32. The van der Waals surface area contributed by atoms with E-state index in [1.807, 2.05) is 31.2 Å². The first kappa shape index (κ1) is 19.6. The van der Waals surface area contributed by atoms with Crippen molar-refractivity contribution in [3.05, 3.63) is 58.1 Å². The second kappa shape index (κ2) is 9.66. The molecule has 2 N–H and O–H groups in total. The molecule has 0 radical (unpaired) electrons. The van der Waals surface area contributed by atoms with Crippen molar-refractivity contribution in [3.8, 4) is 11.5 Å². The van der Waals surface area contributed by atoms with E-state index in [-0.39, 0.29) is 0 Å². The first-order valence-electron chi connectivity index (χ1n) is 8.52. The monoisotopic (exact) mass is 363 g/mol. The van der Waals surface area contributed by atoms with Crippen molar-refractivity contribution in [2.24, 2.45) is 0 Å². The van der Waals surface area contributed by atoms with Crippen molar-refractivity contribution in [2.45, 2.75) is 40.0 Å². The number of aryl methyl sites for hydroxylation is 1. The Bertz CT molecular complexity index is 689. The second-order valence-electron chi connectivity index (χ2n) is 6.10. The minimum atomic E-state index is -0.390. The predicted octanol–water partition coefficient (Wildman–Crippen LogP) is 4.10. The van der Waals surface area contributed by atoms with Crippen molar-refractivity contribution in [2.75, 3.05) is 13.2 Å². The fraction of sp³-hybridized carbons (Fsp3) is 0.400. The van der Waals surface area contributed by atoms with Gasteiger partial charge < -0.3 is 19.9 Å². The molecule has 0 spiro atoms. The third kappa shape index (κ3) is 6.24. The number of hydrogen-bond acceptors (Lipinski definition) is 4. The van der Waals surface area contributed by atoms with Crippen LogP contribution in [-0.2, 0) is 13.2 Å². The van der Waals surface area contributed by atoms with Crippen LogP contribution in [-0.4, -0.2) is 24.4 Å². The maximum atomic E-state index is 9.33. The lowest BCUT2D eigenvalue weighted by atomic mass is 10.1. The van der Waals surface area contributed by atoms with E-state index in [4.69, 9.17) is 21.1 Å². The van der Waals surface area contributed by atoms with Crippen LogP contribution in [0, 0.1) is 6.92 Å². The highest BCUT2D eigenvalue weighted by atomic mass is 35.5. The Hall–Kier alpha value is -1.75. The number of halogens is 1. The van der Waals surface area contributed by atoms with Crippen LogP contribution < -0.4 is 14.8 Å². The van der Waals surface area contributed by atoms with E-state index in [9.17, 15) is 5.11 Å². The molecule has 136 valence electrons. The number of aliphatic hydroxyl groups is 1. The Morgan fingerprint density at radius 1 is 1.16 bits per heavy atom. The van der Waals surface area contributed by atoms with Gasteiger partial charge in [0.1, 0.15) is 6.61 Å². The molecule has 0 heterocycles. The van der Waals surface area contributed by atoms with Crippen LogP contribution in [0.2, 0.25) is 5.02 Å². The summed E-state index contributed by atoms with van der Waals surface area (Å²) in [7, 11) is 0. The SMILES string of the molecule is CCOc1cc(CNC[C@H](C)O)cc(Cl)c1OCc1cccc(C)c1. The maximum Gasteiger partial charge on any atom is 0.180 e. The number of aliphatic hydroxyl groups excluding tert-OH is 1. The molecule has 0 aliphatic rings. The molecule has 25 heavy (non-hydrogen) atoms. The summed E-state index contributed by atoms with van der Waals surface area (Å²) in [5.41, 5.74) is 3.26. The van der Waals surface area contributed by atoms with Crippen molar-refractivity contribution in [1.82, 2.24) is 5.32 Å². The highest BCUT2D eigenvalue weighted by Gasteiger charge is 2.13. The van der Waals surface area contributed by atoms with Gasteiger partial charge in [-0.3, -0.25) is 0 Å². The van der Waals surface area contributed by atoms with Gasteiger partial charge in [0.25, 0.3) is 0 Å². The Morgan fingerprint density at radius 3 is 2.64 bits per heavy atom. The zero-order valence-electron chi connectivity index (χ0n) is 15.0. The molecule has 2 aromatic rings. The van der Waals surface area contributed by atoms with Gasteiger partial charge in [-0.15, -0.1) is 0 Å². The van der Waals surface area contributed by atoms with Crippen LogP contribution in [0.25, 0.3) is 0 Å². The molecule has 2 rings (SSSR count). The normalized spacial score (nSPS) is 12.0. The fourth-order valence-corrected chi connectivity index (χ4v) is 2.80. The predicted molar refractivity (Wildman–Crippen MR) is 102 cm³/mol. The van der Waals surface area contributed by atoms with Gasteiger partial charge >= 0.3 is 0 Å². The van der Waals surface area contributed by atoms with Gasteiger partial charge in [0.2, 0.25) is 0 Å². The summed E-state index contributed by atoms with van der Waals surface area (Å²) in [6.07, 6.45) is -0.390. The summed E-state index contributed by atoms with van der Waals surface area (Å²) in [6.45, 7) is 7.81. The van der Waals surface area contributed by atoms with Gasteiger partial charge in [-0.05, 0) is 44.0 Å². The average molecular weight is 364 g/mol. The molecule has 0 unspecified atom stereocenters. The third-order valence-corrected chi connectivity index (χ3v) is 3.88. The zero-order chi connectivity index (χ0) is 18.2. The molecule has 0 bridgehead atoms. The molecule has 0 aliphatic carbocycles. The Labute approximate surface area is 154 Å². The molecule has 4 nitrogen and oxygen atoms in total. The minimum Gasteiger partial charge on any atom is -0.490 e. The molecular weight excluding hydrogens is 338 g/mol. The van der Waals surface area contributed by atoms with Gasteiger partial charge in [-0.1, -0.05) is 41.4 Å². The number of rotatable bonds is 9. The van der Waals surface area contributed by atoms with E-state index in [2.05, 4.69) is 24.4 Å². The van der Waals surface area contributed by atoms with Crippen LogP contribution in [0.15, 0.2) is 36.4 Å². The Balaban J connectivity index is 2.12. The van der Waals surface area contributed by atoms with Crippen LogP contribution in [0.1, 0.15) is 30.5 Å². The van der Waals surface area contributed by atoms with Gasteiger partial charge in [0, 0.05) is 13.1 Å². The number of nitrogens with one attached hydrogen (secondary N) is 1. The zero-order valence-corrected chi connectivity index (χ0v) is 15.8. The lowest BCUT2D eigenvalue weighted by molar-refractivity contribution is 0.191. The van der Waals surface area contributed by atoms with E-state index in [0.29, 0.717) is 42.8 Å². The van der Waals surface area contributed by atoms with E-state index < -0.39 is 6.10 Å². The summed E-state index contributed by atoms with van der Waals surface area (Å²) in [6, 6.07) is 12.0. The summed E-state index contributed by atoms with van der Waals surface area (Å²) in [5.74, 6) is 1.20. The summed E-state index contributed by atoms with van der Waals surface area (Å²) in [4.78, 5) is 0. The quantitative estimate of drug-likeness (QED) is 0.704. The van der Waals surface area contributed by atoms with Gasteiger partial charge in [0.15, 0.2) is 11.5 Å². The van der Waals surface area contributed by atoms with Crippen LogP contribution in [0.3, 0.4) is 0 Å². The smallest absolute Gasteiger partial charge is 0.180 e. The topological polar surface area (TPSA) is 50.7 Å². The summed E-state index contributed by atoms with van der Waals surface area (Å²) >= 11 is 6.43. The third-order valence-electron chi connectivity index (χ3n) is 3.60. The van der Waals surface area contributed by atoms with E-state index in [1.165, 1.54) is 5.56 Å². The number of hydrogen-bond donors (Lipinski definition) is 2. The summed E-state index contributed by atoms with van der Waals surface area (Å²) in [5, 5.41) is 13.0. The minimum absolute atomic E-state index is 0.390. The first-order chi connectivity index (χ1) is 12.0. The molecule has 0 saturated carbocycles. The van der Waals surface area contributed by atoms with Crippen LogP contribution >= 0.6 is 11.6 Å². The van der Waals surface area contributed by atoms with E-state index in [1.54, 1.807) is 6.92 Å². The lowest BCUT2D eigenvalue weighted by Gasteiger charge is -2.16. The number of benzene rings is 2. The fourth-order valence-electron chi connectivity index (χ4n) is 2.51. The van der Waals surface area contributed by atoms with Crippen molar-refractivity contribution >= 4 is 11.6 Å². The second-order valence-corrected chi connectivity index (χ2v) is 6.50. The van der Waals surface area contributed by atoms with E-state index >= 15 is 0 Å². The maximum absolute atomic E-state index is 9.33. The van der Waals surface area contributed by atoms with Crippen molar-refractivity contribution < 1.29 is 14.6 Å². The molecule has 0 aromatic heterocycles. The molecule has 1 atom stereocenters. The van der Waals surface area contributed by atoms with E-state index in [0.717, 1.165) is 11.1 Å². The van der Waals surface area contributed by atoms with Gasteiger partial charge in [-0.2, -0.15) is 0 Å². The standard InChI is InChI=1S/C20H26ClNO3/c1-4-24-19-10-17(12-22-11-15(3)23)9-18(21)20(19)25-13-16-7-5-6-14(2)8-16/h5-10,15,22-23H,4,11-13H2,1-3H3/t15-/m0/s1. The summed E-state index contributed by atoms with van der Waals surface area (Å²) < 4.78 is 11.7. The van der Waals surface area contributed by atoms with Crippen molar-refractivity contribution in [3.63, 3.8) is 0 Å². The largest absolute Gasteiger partial charge is 0.490 e.